The van der Waals surface area contributed by atoms with E-state index in [-0.39, 0.29) is 5.91 Å². The predicted molar refractivity (Wildman–Crippen MR) is 141 cm³/mol. The van der Waals surface area contributed by atoms with E-state index in [1.807, 2.05) is 0 Å². The second-order valence-electron chi connectivity index (χ2n) is 8.28. The number of amides is 1. The number of thioether (sulfide) groups is 1. The van der Waals surface area contributed by atoms with E-state index in [9.17, 15) is 9.59 Å². The van der Waals surface area contributed by atoms with Crippen molar-refractivity contribution >= 4 is 29.3 Å². The molecule has 2 N–H and O–H groups in total. The Kier molecular flexibility index (Phi) is 7.36. The number of methoxy groups -OCH3 is 1. The number of aryl methyl sites for hydroxylation is 2. The Morgan fingerprint density at radius 2 is 1.51 bits per heavy atom. The summed E-state index contributed by atoms with van der Waals surface area (Å²) in [6.45, 7) is 5.91. The minimum absolute atomic E-state index is 0.239. The van der Waals surface area contributed by atoms with Crippen LogP contribution in [0.15, 0.2) is 78.0 Å². The largest absolute Gasteiger partial charge is 0.465 e. The molecule has 35 heavy (non-hydrogen) atoms. The number of anilines is 1. The molecule has 0 aliphatic carbocycles. The van der Waals surface area contributed by atoms with Crippen molar-refractivity contribution in [1.82, 2.24) is 9.97 Å². The van der Waals surface area contributed by atoms with E-state index in [4.69, 9.17) is 9.72 Å². The van der Waals surface area contributed by atoms with Crippen molar-refractivity contribution in [2.24, 2.45) is 0 Å². The van der Waals surface area contributed by atoms with Crippen LogP contribution in [0.5, 0.6) is 0 Å². The number of aromatic amines is 1. The van der Waals surface area contributed by atoms with Crippen molar-refractivity contribution in [2.45, 2.75) is 31.2 Å². The van der Waals surface area contributed by atoms with Gasteiger partial charge >= 0.3 is 5.97 Å². The molecule has 3 aromatic carbocycles. The molecule has 0 aliphatic rings. The van der Waals surface area contributed by atoms with E-state index < -0.39 is 11.2 Å². The molecule has 178 valence electrons. The maximum absolute atomic E-state index is 13.0. The Balaban J connectivity index is 1.60. The smallest absolute Gasteiger partial charge is 0.339 e. The van der Waals surface area contributed by atoms with Gasteiger partial charge in [0.1, 0.15) is 0 Å². The lowest BCUT2D eigenvalue weighted by Gasteiger charge is -2.13. The number of nitrogens with zero attached hydrogens (tertiary/aromatic N) is 1. The Bertz CT molecular complexity index is 1280. The quantitative estimate of drug-likeness (QED) is 0.238. The van der Waals surface area contributed by atoms with Crippen LogP contribution in [0, 0.1) is 13.8 Å². The molecule has 0 fully saturated rings. The number of benzene rings is 3. The summed E-state index contributed by atoms with van der Waals surface area (Å²) in [5.41, 5.74) is 6.83. The van der Waals surface area contributed by atoms with Crippen LogP contribution < -0.4 is 5.32 Å². The summed E-state index contributed by atoms with van der Waals surface area (Å²) in [4.78, 5) is 33.3. The monoisotopic (exact) mass is 485 g/mol. The minimum Gasteiger partial charge on any atom is -0.465 e. The second kappa shape index (κ2) is 10.6. The van der Waals surface area contributed by atoms with Gasteiger partial charge in [-0.2, -0.15) is 0 Å². The molecule has 0 radical (unpaired) electrons. The van der Waals surface area contributed by atoms with Crippen molar-refractivity contribution in [3.63, 3.8) is 0 Å². The summed E-state index contributed by atoms with van der Waals surface area (Å²) in [5.74, 6) is -0.741. The standard InChI is InChI=1S/C28H27N3O3S/c1-17-9-13-20(14-10-17)24-25(21-15-11-18(2)12-16-21)31-28(30-24)35-19(3)26(32)29-23-8-6-5-7-22(23)27(33)34-4/h5-16,19H,1-4H3,(H,29,32)(H,30,31). The molecule has 6 nitrogen and oxygen atoms in total. The molecule has 0 saturated carbocycles. The molecule has 0 saturated heterocycles. The van der Waals surface area contributed by atoms with Gasteiger partial charge in [0.05, 0.1) is 35.0 Å². The molecular weight excluding hydrogens is 458 g/mol. The normalized spacial score (nSPS) is 11.7. The van der Waals surface area contributed by atoms with E-state index in [2.05, 4.69) is 72.7 Å². The van der Waals surface area contributed by atoms with E-state index in [1.165, 1.54) is 30.0 Å². The Hall–Kier alpha value is -3.84. The number of nitrogens with one attached hydrogen (secondary N) is 2. The molecular formula is C28H27N3O3S. The first kappa shape index (κ1) is 24.3. The molecule has 1 atom stereocenters. The first-order valence-corrected chi connectivity index (χ1v) is 12.1. The number of rotatable bonds is 7. The van der Waals surface area contributed by atoms with Gasteiger partial charge in [-0.25, -0.2) is 9.78 Å². The average molecular weight is 486 g/mol. The fourth-order valence-corrected chi connectivity index (χ4v) is 4.40. The fraction of sp³-hybridized carbons (Fsp3) is 0.179. The van der Waals surface area contributed by atoms with Gasteiger partial charge in [-0.3, -0.25) is 4.79 Å². The van der Waals surface area contributed by atoms with Gasteiger partial charge in [-0.1, -0.05) is 83.6 Å². The number of esters is 1. The Morgan fingerprint density at radius 3 is 2.14 bits per heavy atom. The molecule has 1 heterocycles. The first-order valence-electron chi connectivity index (χ1n) is 11.2. The van der Waals surface area contributed by atoms with Crippen LogP contribution in [0.3, 0.4) is 0 Å². The zero-order valence-corrected chi connectivity index (χ0v) is 20.9. The number of carbonyl (C=O) groups excluding carboxylic acids is 2. The predicted octanol–water partition coefficient (Wildman–Crippen LogP) is 6.27. The van der Waals surface area contributed by atoms with Crippen molar-refractivity contribution in [3.8, 4) is 22.5 Å². The van der Waals surface area contributed by atoms with Crippen molar-refractivity contribution < 1.29 is 14.3 Å². The number of H-pyrrole nitrogens is 1. The van der Waals surface area contributed by atoms with Crippen LogP contribution in [0.25, 0.3) is 22.5 Å². The van der Waals surface area contributed by atoms with Crippen LogP contribution in [0.1, 0.15) is 28.4 Å². The summed E-state index contributed by atoms with van der Waals surface area (Å²) in [6, 6.07) is 23.3. The lowest BCUT2D eigenvalue weighted by molar-refractivity contribution is -0.115. The van der Waals surface area contributed by atoms with Gasteiger partial charge in [0.25, 0.3) is 0 Å². The summed E-state index contributed by atoms with van der Waals surface area (Å²) in [7, 11) is 1.31. The van der Waals surface area contributed by atoms with E-state index in [0.29, 0.717) is 16.4 Å². The third kappa shape index (κ3) is 5.63. The minimum atomic E-state index is -0.502. The maximum Gasteiger partial charge on any atom is 0.339 e. The number of carbonyl (C=O) groups is 2. The molecule has 0 aliphatic heterocycles. The van der Waals surface area contributed by atoms with Gasteiger partial charge in [0, 0.05) is 11.1 Å². The molecule has 4 rings (SSSR count). The van der Waals surface area contributed by atoms with Crippen LogP contribution in [0.4, 0.5) is 5.69 Å². The van der Waals surface area contributed by atoms with Gasteiger partial charge in [-0.05, 0) is 32.9 Å². The molecule has 1 unspecified atom stereocenters. The third-order valence-electron chi connectivity index (χ3n) is 5.60. The van der Waals surface area contributed by atoms with Crippen LogP contribution in [-0.4, -0.2) is 34.2 Å². The Morgan fingerprint density at radius 1 is 0.914 bits per heavy atom. The lowest BCUT2D eigenvalue weighted by atomic mass is 10.0. The number of ether oxygens (including phenoxy) is 1. The van der Waals surface area contributed by atoms with Gasteiger partial charge in [0.15, 0.2) is 5.16 Å². The highest BCUT2D eigenvalue weighted by Gasteiger charge is 2.21. The zero-order chi connectivity index (χ0) is 24.9. The zero-order valence-electron chi connectivity index (χ0n) is 20.1. The third-order valence-corrected chi connectivity index (χ3v) is 6.58. The van der Waals surface area contributed by atoms with Crippen molar-refractivity contribution in [1.29, 1.82) is 0 Å². The maximum atomic E-state index is 13.0. The molecule has 1 amide bonds. The second-order valence-corrected chi connectivity index (χ2v) is 9.61. The number of hydrogen-bond donors (Lipinski definition) is 2. The highest BCUT2D eigenvalue weighted by molar-refractivity contribution is 8.00. The highest BCUT2D eigenvalue weighted by Crippen LogP contribution is 2.34. The number of hydrogen-bond acceptors (Lipinski definition) is 5. The molecule has 7 heteroatoms. The van der Waals surface area contributed by atoms with E-state index >= 15 is 0 Å². The van der Waals surface area contributed by atoms with Crippen molar-refractivity contribution in [2.75, 3.05) is 12.4 Å². The van der Waals surface area contributed by atoms with Crippen LogP contribution >= 0.6 is 11.8 Å². The first-order chi connectivity index (χ1) is 16.9. The van der Waals surface area contributed by atoms with Crippen molar-refractivity contribution in [3.05, 3.63) is 89.5 Å². The van der Waals surface area contributed by atoms with E-state index in [1.54, 1.807) is 31.2 Å². The molecule has 4 aromatic rings. The summed E-state index contributed by atoms with van der Waals surface area (Å²) in [6.07, 6.45) is 0. The molecule has 1 aromatic heterocycles. The van der Waals surface area contributed by atoms with Crippen LogP contribution in [0.2, 0.25) is 0 Å². The number of aromatic nitrogens is 2. The fourth-order valence-electron chi connectivity index (χ4n) is 3.59. The summed E-state index contributed by atoms with van der Waals surface area (Å²) >= 11 is 1.33. The highest BCUT2D eigenvalue weighted by atomic mass is 32.2. The lowest BCUT2D eigenvalue weighted by Crippen LogP contribution is -2.23. The topological polar surface area (TPSA) is 84.1 Å². The summed E-state index contributed by atoms with van der Waals surface area (Å²) in [5, 5.41) is 3.01. The SMILES string of the molecule is COC(=O)c1ccccc1NC(=O)C(C)Sc1nc(-c2ccc(C)cc2)c(-c2ccc(C)cc2)[nH]1. The van der Waals surface area contributed by atoms with Gasteiger partial charge in [-0.15, -0.1) is 0 Å². The van der Waals surface area contributed by atoms with Crippen LogP contribution in [-0.2, 0) is 9.53 Å². The number of para-hydroxylation sites is 1. The average Bonchev–Trinajstić information content (AvgIpc) is 3.28. The van der Waals surface area contributed by atoms with E-state index in [0.717, 1.165) is 22.5 Å². The van der Waals surface area contributed by atoms with Gasteiger partial charge in [0.2, 0.25) is 5.91 Å². The molecule has 0 bridgehead atoms. The number of imidazole rings is 1. The van der Waals surface area contributed by atoms with Gasteiger partial charge < -0.3 is 15.0 Å². The Labute approximate surface area is 209 Å². The molecule has 0 spiro atoms. The summed E-state index contributed by atoms with van der Waals surface area (Å²) < 4.78 is 4.82.